The molecule has 0 aliphatic heterocycles. The van der Waals surface area contributed by atoms with Crippen LogP contribution in [0, 0.1) is 0 Å². The smallest absolute Gasteiger partial charge is 0.340 e. The highest BCUT2D eigenvalue weighted by atomic mass is 17.1. The number of phenolic OH excluding ortho intramolecular Hbond substituents is 1. The number of benzene rings is 1. The normalized spacial score (nSPS) is 12.5. The molecule has 0 amide bonds. The van der Waals surface area contributed by atoms with Crippen molar-refractivity contribution in [2.24, 2.45) is 0 Å². The van der Waals surface area contributed by atoms with Crippen LogP contribution in [0.5, 0.6) is 11.5 Å². The summed E-state index contributed by atoms with van der Waals surface area (Å²) in [7, 11) is 1.27. The molecule has 12 heteroatoms. The van der Waals surface area contributed by atoms with Crippen molar-refractivity contribution < 1.29 is 49.9 Å². The first kappa shape index (κ1) is 18.0. The number of ether oxygens (including phenoxy) is 2. The molecule has 124 valence electrons. The largest absolute Gasteiger partial charge is 0.504 e. The quantitative estimate of drug-likeness (QED) is 0.246. The fourth-order valence-electron chi connectivity index (χ4n) is 1.31. The van der Waals surface area contributed by atoms with E-state index >= 15 is 0 Å². The summed E-state index contributed by atoms with van der Waals surface area (Å²) in [4.78, 5) is 20.2. The second-order valence-corrected chi connectivity index (χ2v) is 3.63. The van der Waals surface area contributed by atoms with Gasteiger partial charge in [-0.1, -0.05) is 0 Å². The van der Waals surface area contributed by atoms with Gasteiger partial charge in [0.25, 0.3) is 6.29 Å². The van der Waals surface area contributed by atoms with Crippen molar-refractivity contribution in [2.45, 2.75) is 6.29 Å². The number of rotatable bonds is 8. The van der Waals surface area contributed by atoms with Gasteiger partial charge in [-0.2, -0.15) is 0 Å². The standard InChI is InChI=1S/C10H14N2O10/c1-19-8-4-6(2-3-7(8)13)10(14)21-9(22-12(17)18)5-20-11(15)16/h2-4,9,13,15-18H,5H2,1H3. The van der Waals surface area contributed by atoms with Gasteiger partial charge in [0.15, 0.2) is 11.5 Å². The summed E-state index contributed by atoms with van der Waals surface area (Å²) >= 11 is 0. The van der Waals surface area contributed by atoms with Crippen LogP contribution in [-0.4, -0.2) is 62.7 Å². The molecule has 5 N–H and O–H groups in total. The van der Waals surface area contributed by atoms with E-state index in [1.54, 1.807) is 0 Å². The van der Waals surface area contributed by atoms with E-state index in [1.807, 2.05) is 0 Å². The number of hydrogen-bond donors (Lipinski definition) is 5. The number of aromatic hydroxyl groups is 1. The Labute approximate surface area is 123 Å². The molecule has 1 unspecified atom stereocenters. The molecule has 0 saturated carbocycles. The van der Waals surface area contributed by atoms with Gasteiger partial charge in [-0.15, -0.1) is 0 Å². The lowest BCUT2D eigenvalue weighted by Crippen LogP contribution is -2.34. The first-order chi connectivity index (χ1) is 10.3. The molecule has 0 spiro atoms. The van der Waals surface area contributed by atoms with Crippen LogP contribution in [0.1, 0.15) is 10.4 Å². The molecule has 1 aromatic carbocycles. The van der Waals surface area contributed by atoms with Gasteiger partial charge in [-0.3, -0.25) is 20.8 Å². The van der Waals surface area contributed by atoms with Crippen molar-refractivity contribution in [3.05, 3.63) is 23.8 Å². The molecule has 1 atom stereocenters. The van der Waals surface area contributed by atoms with Crippen molar-refractivity contribution in [3.8, 4) is 11.5 Å². The lowest BCUT2D eigenvalue weighted by atomic mass is 10.2. The van der Waals surface area contributed by atoms with E-state index in [0.29, 0.717) is 0 Å². The minimum atomic E-state index is -1.73. The number of carbonyl (C=O) groups excluding carboxylic acids is 1. The summed E-state index contributed by atoms with van der Waals surface area (Å²) in [5.41, 5.74) is -0.0597. The molecule has 0 fully saturated rings. The Morgan fingerprint density at radius 1 is 1.23 bits per heavy atom. The van der Waals surface area contributed by atoms with Crippen LogP contribution in [-0.2, 0) is 14.4 Å². The Morgan fingerprint density at radius 3 is 2.45 bits per heavy atom. The number of nitrogens with zero attached hydrogens (tertiary/aromatic N) is 2. The summed E-state index contributed by atoms with van der Waals surface area (Å²) < 4.78 is 9.51. The van der Waals surface area contributed by atoms with Crippen molar-refractivity contribution in [1.29, 1.82) is 0 Å². The molecular weight excluding hydrogens is 308 g/mol. The molecule has 0 radical (unpaired) electrons. The zero-order valence-electron chi connectivity index (χ0n) is 11.2. The second-order valence-electron chi connectivity index (χ2n) is 3.63. The highest BCUT2D eigenvalue weighted by Gasteiger charge is 2.21. The monoisotopic (exact) mass is 322 g/mol. The van der Waals surface area contributed by atoms with E-state index < -0.39 is 29.6 Å². The Bertz CT molecular complexity index is 495. The van der Waals surface area contributed by atoms with Crippen LogP contribution in [0.2, 0.25) is 0 Å². The van der Waals surface area contributed by atoms with Gasteiger partial charge in [0.05, 0.1) is 23.5 Å². The summed E-state index contributed by atoms with van der Waals surface area (Å²) in [6.45, 7) is -0.786. The fraction of sp³-hybridized carbons (Fsp3) is 0.300. The Balaban J connectivity index is 2.76. The van der Waals surface area contributed by atoms with Crippen molar-refractivity contribution in [3.63, 3.8) is 0 Å². The molecule has 0 saturated heterocycles. The predicted octanol–water partition coefficient (Wildman–Crippen LogP) is -0.0923. The van der Waals surface area contributed by atoms with Crippen molar-refractivity contribution in [1.82, 2.24) is 10.8 Å². The highest BCUT2D eigenvalue weighted by Crippen LogP contribution is 2.26. The van der Waals surface area contributed by atoms with Crippen molar-refractivity contribution >= 4 is 5.97 Å². The van der Waals surface area contributed by atoms with E-state index in [4.69, 9.17) is 30.3 Å². The van der Waals surface area contributed by atoms with Crippen LogP contribution in [0.15, 0.2) is 18.2 Å². The average molecular weight is 322 g/mol. The molecule has 1 aromatic rings. The molecule has 22 heavy (non-hydrogen) atoms. The Morgan fingerprint density at radius 2 is 1.91 bits per heavy atom. The predicted molar refractivity (Wildman–Crippen MR) is 61.7 cm³/mol. The average Bonchev–Trinajstić information content (AvgIpc) is 2.44. The van der Waals surface area contributed by atoms with Gasteiger partial charge in [0, 0.05) is 0 Å². The lowest BCUT2D eigenvalue weighted by molar-refractivity contribution is -0.541. The Hall–Kier alpha value is -2.03. The number of phenols is 1. The topological polar surface area (TPSA) is 162 Å². The molecule has 0 aliphatic carbocycles. The van der Waals surface area contributed by atoms with Crippen LogP contribution >= 0.6 is 0 Å². The van der Waals surface area contributed by atoms with Crippen molar-refractivity contribution in [2.75, 3.05) is 13.7 Å². The van der Waals surface area contributed by atoms with E-state index in [-0.39, 0.29) is 17.1 Å². The van der Waals surface area contributed by atoms with Gasteiger partial charge >= 0.3 is 5.97 Å². The third kappa shape index (κ3) is 5.76. The molecule has 0 heterocycles. The minimum Gasteiger partial charge on any atom is -0.504 e. The first-order valence-electron chi connectivity index (χ1n) is 5.57. The Kier molecular flexibility index (Phi) is 6.90. The maximum absolute atomic E-state index is 11.8. The first-order valence-corrected chi connectivity index (χ1v) is 5.57. The summed E-state index contributed by atoms with van der Waals surface area (Å²) in [6.07, 6.45) is -1.73. The summed E-state index contributed by atoms with van der Waals surface area (Å²) in [5, 5.41) is 41.7. The number of methoxy groups -OCH3 is 1. The van der Waals surface area contributed by atoms with Crippen LogP contribution in [0.3, 0.4) is 0 Å². The maximum atomic E-state index is 11.8. The van der Waals surface area contributed by atoms with Crippen LogP contribution < -0.4 is 4.74 Å². The van der Waals surface area contributed by atoms with E-state index in [2.05, 4.69) is 9.68 Å². The van der Waals surface area contributed by atoms with E-state index in [0.717, 1.165) is 6.07 Å². The molecule has 0 bridgehead atoms. The third-order valence-electron chi connectivity index (χ3n) is 2.19. The third-order valence-corrected chi connectivity index (χ3v) is 2.19. The number of carbonyl (C=O) groups is 1. The maximum Gasteiger partial charge on any atom is 0.340 e. The van der Waals surface area contributed by atoms with E-state index in [9.17, 15) is 9.90 Å². The van der Waals surface area contributed by atoms with Crippen LogP contribution in [0.25, 0.3) is 0 Å². The van der Waals surface area contributed by atoms with Crippen LogP contribution in [0.4, 0.5) is 0 Å². The highest BCUT2D eigenvalue weighted by molar-refractivity contribution is 5.90. The van der Waals surface area contributed by atoms with Gasteiger partial charge in [-0.25, -0.2) is 14.5 Å². The minimum absolute atomic E-state index is 0.00556. The summed E-state index contributed by atoms with van der Waals surface area (Å²) in [5.74, 6) is -1.20. The van der Waals surface area contributed by atoms with Gasteiger partial charge in [-0.05, 0) is 18.2 Å². The number of esters is 1. The lowest BCUT2D eigenvalue weighted by Gasteiger charge is -2.19. The molecule has 12 nitrogen and oxygen atoms in total. The van der Waals surface area contributed by atoms with Gasteiger partial charge in [0.2, 0.25) is 0 Å². The molecular formula is C10H14N2O10. The van der Waals surface area contributed by atoms with Gasteiger partial charge in [0.1, 0.15) is 6.61 Å². The fourth-order valence-corrected chi connectivity index (χ4v) is 1.31. The molecule has 0 aliphatic rings. The zero-order valence-corrected chi connectivity index (χ0v) is 11.2. The SMILES string of the molecule is COc1cc(C(=O)OC(CON(O)O)ON(O)O)ccc1O. The van der Waals surface area contributed by atoms with Gasteiger partial charge < -0.3 is 14.6 Å². The molecule has 0 aromatic heterocycles. The van der Waals surface area contributed by atoms with E-state index in [1.165, 1.54) is 19.2 Å². The molecule has 1 rings (SSSR count). The number of hydrogen-bond acceptors (Lipinski definition) is 12. The summed E-state index contributed by atoms with van der Waals surface area (Å²) in [6, 6.07) is 3.54. The second kappa shape index (κ2) is 8.42. The zero-order chi connectivity index (χ0) is 16.7.